The van der Waals surface area contributed by atoms with Gasteiger partial charge in [0.2, 0.25) is 10.0 Å². The van der Waals surface area contributed by atoms with Crippen LogP contribution in [0, 0.1) is 5.92 Å². The first-order valence-electron chi connectivity index (χ1n) is 7.44. The van der Waals surface area contributed by atoms with Crippen molar-refractivity contribution in [1.29, 1.82) is 0 Å². The third kappa shape index (κ3) is 3.45. The third-order valence-electron chi connectivity index (χ3n) is 4.29. The van der Waals surface area contributed by atoms with Gasteiger partial charge < -0.3 is 9.52 Å². The smallest absolute Gasteiger partial charge is 0.246 e. The van der Waals surface area contributed by atoms with Crippen molar-refractivity contribution < 1.29 is 17.9 Å². The molecule has 0 aliphatic carbocycles. The Morgan fingerprint density at radius 2 is 1.83 bits per heavy atom. The Morgan fingerprint density at radius 3 is 2.39 bits per heavy atom. The highest BCUT2D eigenvalue weighted by atomic mass is 35.5. The Morgan fingerprint density at radius 1 is 1.17 bits per heavy atom. The van der Waals surface area contributed by atoms with Crippen LogP contribution in [0.3, 0.4) is 0 Å². The van der Waals surface area contributed by atoms with E-state index in [1.807, 2.05) is 12.1 Å². The molecule has 1 atom stereocenters. The maximum absolute atomic E-state index is 12.4. The van der Waals surface area contributed by atoms with Crippen LogP contribution in [0.2, 0.25) is 5.02 Å². The summed E-state index contributed by atoms with van der Waals surface area (Å²) >= 11 is 5.86. The molecule has 1 aliphatic rings. The molecule has 1 aliphatic heterocycles. The minimum atomic E-state index is -3.50. The van der Waals surface area contributed by atoms with E-state index in [4.69, 9.17) is 16.0 Å². The molecule has 1 aromatic carbocycles. The summed E-state index contributed by atoms with van der Waals surface area (Å²) in [4.78, 5) is 0.175. The number of aliphatic hydroxyl groups is 1. The highest BCUT2D eigenvalue weighted by molar-refractivity contribution is 7.89. The molecule has 0 radical (unpaired) electrons. The van der Waals surface area contributed by atoms with E-state index >= 15 is 0 Å². The molecule has 1 saturated heterocycles. The maximum atomic E-state index is 12.4. The second-order valence-electron chi connectivity index (χ2n) is 5.70. The zero-order valence-corrected chi connectivity index (χ0v) is 14.0. The lowest BCUT2D eigenvalue weighted by atomic mass is 9.88. The van der Waals surface area contributed by atoms with Crippen LogP contribution in [-0.2, 0) is 10.0 Å². The highest BCUT2D eigenvalue weighted by Crippen LogP contribution is 2.33. The molecule has 0 spiro atoms. The van der Waals surface area contributed by atoms with Crippen LogP contribution in [0.4, 0.5) is 0 Å². The molecule has 1 aromatic heterocycles. The van der Waals surface area contributed by atoms with Crippen LogP contribution in [0.25, 0.3) is 0 Å². The van der Waals surface area contributed by atoms with Crippen molar-refractivity contribution in [3.05, 3.63) is 53.4 Å². The van der Waals surface area contributed by atoms with Gasteiger partial charge in [-0.3, -0.25) is 0 Å². The fraction of sp³-hybridized carbons (Fsp3) is 0.375. The average molecular weight is 356 g/mol. The van der Waals surface area contributed by atoms with Gasteiger partial charge in [-0.1, -0.05) is 23.7 Å². The molecule has 0 amide bonds. The molecule has 3 rings (SSSR count). The second-order valence-corrected chi connectivity index (χ2v) is 8.07. The van der Waals surface area contributed by atoms with E-state index < -0.39 is 16.1 Å². The van der Waals surface area contributed by atoms with E-state index in [1.54, 1.807) is 12.1 Å². The third-order valence-corrected chi connectivity index (χ3v) is 6.41. The first kappa shape index (κ1) is 16.5. The Bertz CT molecular complexity index is 735. The summed E-state index contributed by atoms with van der Waals surface area (Å²) in [5.41, 5.74) is 0.811. The monoisotopic (exact) mass is 355 g/mol. The Labute approximate surface area is 140 Å². The Balaban J connectivity index is 1.65. The standard InChI is InChI=1S/C16H18ClNO4S/c17-14-3-1-12(2-4-14)16(19)13-5-8-18(9-6-13)23(20,21)15-7-10-22-11-15/h1-4,7,10-11,13,16,19H,5-6,8-9H2. The molecule has 1 fully saturated rings. The lowest BCUT2D eigenvalue weighted by Gasteiger charge is -2.33. The van der Waals surface area contributed by atoms with E-state index in [2.05, 4.69) is 0 Å². The van der Waals surface area contributed by atoms with Gasteiger partial charge in [0.15, 0.2) is 0 Å². The number of furan rings is 1. The van der Waals surface area contributed by atoms with Crippen molar-refractivity contribution in [3.8, 4) is 0 Å². The van der Waals surface area contributed by atoms with Crippen molar-refractivity contribution in [3.63, 3.8) is 0 Å². The maximum Gasteiger partial charge on any atom is 0.246 e. The summed E-state index contributed by atoms with van der Waals surface area (Å²) in [5.74, 6) is 0.0342. The predicted molar refractivity (Wildman–Crippen MR) is 86.6 cm³/mol. The van der Waals surface area contributed by atoms with E-state index in [-0.39, 0.29) is 10.8 Å². The van der Waals surface area contributed by atoms with Crippen LogP contribution in [-0.4, -0.2) is 30.9 Å². The van der Waals surface area contributed by atoms with Gasteiger partial charge in [0.25, 0.3) is 0 Å². The fourth-order valence-electron chi connectivity index (χ4n) is 2.91. The molecule has 0 bridgehead atoms. The Hall–Kier alpha value is -1.34. The lowest BCUT2D eigenvalue weighted by Crippen LogP contribution is -2.39. The molecule has 1 N–H and O–H groups in total. The molecular formula is C16H18ClNO4S. The van der Waals surface area contributed by atoms with Crippen molar-refractivity contribution in [2.75, 3.05) is 13.1 Å². The van der Waals surface area contributed by atoms with Crippen molar-refractivity contribution in [1.82, 2.24) is 4.31 Å². The van der Waals surface area contributed by atoms with E-state index in [1.165, 1.54) is 22.9 Å². The molecule has 124 valence electrons. The molecule has 7 heteroatoms. The summed E-state index contributed by atoms with van der Waals surface area (Å²) in [5, 5.41) is 11.1. The van der Waals surface area contributed by atoms with Gasteiger partial charge in [-0.05, 0) is 42.5 Å². The number of hydrogen-bond donors (Lipinski definition) is 1. The first-order chi connectivity index (χ1) is 11.0. The van der Waals surface area contributed by atoms with Crippen LogP contribution < -0.4 is 0 Å². The van der Waals surface area contributed by atoms with Crippen LogP contribution in [0.5, 0.6) is 0 Å². The summed E-state index contributed by atoms with van der Waals surface area (Å²) in [7, 11) is -3.50. The zero-order chi connectivity index (χ0) is 16.4. The SMILES string of the molecule is O=S(=O)(c1ccoc1)N1CCC(C(O)c2ccc(Cl)cc2)CC1. The van der Waals surface area contributed by atoms with Crippen molar-refractivity contribution >= 4 is 21.6 Å². The molecule has 0 saturated carbocycles. The number of aliphatic hydroxyl groups excluding tert-OH is 1. The van der Waals surface area contributed by atoms with Crippen LogP contribution in [0.1, 0.15) is 24.5 Å². The lowest BCUT2D eigenvalue weighted by molar-refractivity contribution is 0.0760. The number of nitrogens with zero attached hydrogens (tertiary/aromatic N) is 1. The first-order valence-corrected chi connectivity index (χ1v) is 9.26. The van der Waals surface area contributed by atoms with E-state index in [9.17, 15) is 13.5 Å². The van der Waals surface area contributed by atoms with Gasteiger partial charge in [0.05, 0.1) is 12.4 Å². The minimum absolute atomic E-state index is 0.0342. The molecular weight excluding hydrogens is 338 g/mol. The van der Waals surface area contributed by atoms with Gasteiger partial charge in [-0.15, -0.1) is 0 Å². The number of sulfonamides is 1. The topological polar surface area (TPSA) is 70.8 Å². The summed E-state index contributed by atoms with van der Waals surface area (Å²) in [6.45, 7) is 0.783. The number of halogens is 1. The van der Waals surface area contributed by atoms with Gasteiger partial charge in [0, 0.05) is 18.1 Å². The normalized spacial score (nSPS) is 18.9. The van der Waals surface area contributed by atoms with Gasteiger partial charge in [-0.25, -0.2) is 8.42 Å². The van der Waals surface area contributed by atoms with Crippen LogP contribution >= 0.6 is 11.6 Å². The van der Waals surface area contributed by atoms with Gasteiger partial charge in [-0.2, -0.15) is 4.31 Å². The highest BCUT2D eigenvalue weighted by Gasteiger charge is 2.32. The number of piperidine rings is 1. The number of rotatable bonds is 4. The molecule has 23 heavy (non-hydrogen) atoms. The Kier molecular flexibility index (Phi) is 4.77. The average Bonchev–Trinajstić information content (AvgIpc) is 3.10. The molecule has 2 aromatic rings. The molecule has 5 nitrogen and oxygen atoms in total. The van der Waals surface area contributed by atoms with Crippen LogP contribution in [0.15, 0.2) is 52.2 Å². The fourth-order valence-corrected chi connectivity index (χ4v) is 4.43. The zero-order valence-electron chi connectivity index (χ0n) is 12.4. The van der Waals surface area contributed by atoms with Gasteiger partial charge in [0.1, 0.15) is 11.2 Å². The van der Waals surface area contributed by atoms with E-state index in [0.717, 1.165) is 5.56 Å². The second kappa shape index (κ2) is 6.65. The molecule has 1 unspecified atom stereocenters. The minimum Gasteiger partial charge on any atom is -0.471 e. The number of benzene rings is 1. The van der Waals surface area contributed by atoms with Crippen molar-refractivity contribution in [2.24, 2.45) is 5.92 Å². The predicted octanol–water partition coefficient (Wildman–Crippen LogP) is 3.07. The quantitative estimate of drug-likeness (QED) is 0.915. The summed E-state index contributed by atoms with van der Waals surface area (Å²) < 4.78 is 31.2. The van der Waals surface area contributed by atoms with Gasteiger partial charge >= 0.3 is 0 Å². The van der Waals surface area contributed by atoms with E-state index in [0.29, 0.717) is 31.0 Å². The number of hydrogen-bond acceptors (Lipinski definition) is 4. The summed E-state index contributed by atoms with van der Waals surface area (Å²) in [6.07, 6.45) is 3.21. The molecule has 2 heterocycles. The largest absolute Gasteiger partial charge is 0.471 e. The summed E-state index contributed by atoms with van der Waals surface area (Å²) in [6, 6.07) is 8.56. The van der Waals surface area contributed by atoms with Crippen molar-refractivity contribution in [2.45, 2.75) is 23.8 Å².